The quantitative estimate of drug-likeness (QED) is 0.552. The van der Waals surface area contributed by atoms with E-state index in [1.165, 1.54) is 39.5 Å². The first-order chi connectivity index (χ1) is 14.5. The Morgan fingerprint density at radius 3 is 2.30 bits per heavy atom. The van der Waals surface area contributed by atoms with E-state index in [0.717, 1.165) is 11.3 Å². The van der Waals surface area contributed by atoms with E-state index in [0.29, 0.717) is 28.5 Å². The second-order valence-corrected chi connectivity index (χ2v) is 6.64. The van der Waals surface area contributed by atoms with Crippen molar-refractivity contribution in [3.63, 3.8) is 0 Å². The van der Waals surface area contributed by atoms with E-state index in [4.69, 9.17) is 14.2 Å². The maximum absolute atomic E-state index is 12.7. The summed E-state index contributed by atoms with van der Waals surface area (Å²) in [6.07, 6.45) is 0. The van der Waals surface area contributed by atoms with Crippen molar-refractivity contribution >= 4 is 22.4 Å². The van der Waals surface area contributed by atoms with Gasteiger partial charge in [0.2, 0.25) is 5.75 Å². The molecule has 10 heteroatoms. The van der Waals surface area contributed by atoms with Crippen LogP contribution in [-0.4, -0.2) is 38.8 Å². The second-order valence-electron chi connectivity index (χ2n) is 5.78. The Labute approximate surface area is 175 Å². The molecule has 3 aromatic rings. The highest BCUT2D eigenvalue weighted by Gasteiger charge is 2.19. The van der Waals surface area contributed by atoms with Gasteiger partial charge in [0.05, 0.1) is 27.0 Å². The molecule has 3 rings (SSSR count). The van der Waals surface area contributed by atoms with Gasteiger partial charge < -0.3 is 18.9 Å². The smallest absolute Gasteiger partial charge is 0.387 e. The average Bonchev–Trinajstić information content (AvgIpc) is 3.20. The van der Waals surface area contributed by atoms with Crippen molar-refractivity contribution in [3.8, 4) is 34.3 Å². The first-order valence-electron chi connectivity index (χ1n) is 8.58. The third-order valence-corrected chi connectivity index (χ3v) is 4.79. The number of anilines is 1. The lowest BCUT2D eigenvalue weighted by molar-refractivity contribution is -0.0494. The van der Waals surface area contributed by atoms with Gasteiger partial charge in [-0.2, -0.15) is 8.78 Å². The molecule has 0 aliphatic rings. The Morgan fingerprint density at radius 1 is 1.03 bits per heavy atom. The van der Waals surface area contributed by atoms with Crippen LogP contribution in [0.5, 0.6) is 23.0 Å². The van der Waals surface area contributed by atoms with Crippen LogP contribution in [0.2, 0.25) is 0 Å². The predicted molar refractivity (Wildman–Crippen MR) is 108 cm³/mol. The molecule has 158 valence electrons. The number of amides is 1. The number of methoxy groups -OCH3 is 3. The van der Waals surface area contributed by atoms with Crippen LogP contribution in [0.4, 0.5) is 13.9 Å². The van der Waals surface area contributed by atoms with Gasteiger partial charge in [-0.25, -0.2) is 4.98 Å². The third-order valence-electron chi connectivity index (χ3n) is 4.03. The van der Waals surface area contributed by atoms with Crippen molar-refractivity contribution in [2.45, 2.75) is 6.61 Å². The summed E-state index contributed by atoms with van der Waals surface area (Å²) >= 11 is 1.15. The number of nitrogens with one attached hydrogen (secondary N) is 1. The van der Waals surface area contributed by atoms with Crippen molar-refractivity contribution in [3.05, 3.63) is 47.3 Å². The monoisotopic (exact) mass is 436 g/mol. The summed E-state index contributed by atoms with van der Waals surface area (Å²) in [5.74, 6) is 0.580. The molecule has 0 unspecified atom stereocenters. The molecule has 0 bridgehead atoms. The number of aromatic nitrogens is 1. The molecule has 1 heterocycles. The van der Waals surface area contributed by atoms with Crippen LogP contribution in [0.25, 0.3) is 11.3 Å². The van der Waals surface area contributed by atoms with Crippen molar-refractivity contribution in [1.82, 2.24) is 4.98 Å². The normalized spacial score (nSPS) is 10.6. The van der Waals surface area contributed by atoms with E-state index in [9.17, 15) is 13.6 Å². The summed E-state index contributed by atoms with van der Waals surface area (Å²) in [5.41, 5.74) is 1.06. The van der Waals surface area contributed by atoms with E-state index < -0.39 is 12.5 Å². The van der Waals surface area contributed by atoms with Crippen LogP contribution in [-0.2, 0) is 0 Å². The average molecular weight is 436 g/mol. The highest BCUT2D eigenvalue weighted by molar-refractivity contribution is 7.14. The Kier molecular flexibility index (Phi) is 6.68. The minimum atomic E-state index is -2.95. The number of ether oxygens (including phenoxy) is 4. The summed E-state index contributed by atoms with van der Waals surface area (Å²) in [6, 6.07) is 9.32. The molecule has 1 aromatic heterocycles. The van der Waals surface area contributed by atoms with Crippen molar-refractivity contribution in [2.75, 3.05) is 26.6 Å². The lowest BCUT2D eigenvalue weighted by atomic mass is 10.1. The fourth-order valence-electron chi connectivity index (χ4n) is 2.71. The molecule has 1 amide bonds. The molecular weight excluding hydrogens is 418 g/mol. The van der Waals surface area contributed by atoms with E-state index in [1.54, 1.807) is 23.6 Å². The topological polar surface area (TPSA) is 78.9 Å². The number of hydrogen-bond donors (Lipinski definition) is 1. The molecule has 0 aliphatic heterocycles. The van der Waals surface area contributed by atoms with Crippen molar-refractivity contribution < 1.29 is 32.5 Å². The first kappa shape index (κ1) is 21.3. The highest BCUT2D eigenvalue weighted by Crippen LogP contribution is 2.38. The van der Waals surface area contributed by atoms with Gasteiger partial charge in [-0.15, -0.1) is 11.3 Å². The summed E-state index contributed by atoms with van der Waals surface area (Å²) in [6.45, 7) is -2.95. The lowest BCUT2D eigenvalue weighted by Gasteiger charge is -2.13. The minimum absolute atomic E-state index is 0.000281. The molecule has 1 N–H and O–H groups in total. The number of carbonyl (C=O) groups excluding carboxylic acids is 1. The Hall–Kier alpha value is -3.40. The van der Waals surface area contributed by atoms with Gasteiger partial charge in [0, 0.05) is 16.5 Å². The first-order valence-corrected chi connectivity index (χ1v) is 9.45. The number of nitrogens with zero attached hydrogens (tertiary/aromatic N) is 1. The third kappa shape index (κ3) is 4.60. The molecule has 2 aromatic carbocycles. The van der Waals surface area contributed by atoms with E-state index in [-0.39, 0.29) is 16.4 Å². The molecule has 0 saturated carbocycles. The number of benzene rings is 2. The second kappa shape index (κ2) is 9.40. The highest BCUT2D eigenvalue weighted by atomic mass is 32.1. The van der Waals surface area contributed by atoms with Gasteiger partial charge >= 0.3 is 6.61 Å². The summed E-state index contributed by atoms with van der Waals surface area (Å²) in [5, 5.41) is 4.60. The summed E-state index contributed by atoms with van der Waals surface area (Å²) in [4.78, 5) is 17.0. The predicted octanol–water partition coefficient (Wildman–Crippen LogP) is 4.69. The number of alkyl halides is 2. The van der Waals surface area contributed by atoms with Crippen LogP contribution in [0.1, 0.15) is 10.4 Å². The maximum Gasteiger partial charge on any atom is 0.387 e. The molecule has 0 atom stereocenters. The Bertz CT molecular complexity index is 1020. The van der Waals surface area contributed by atoms with E-state index in [1.807, 2.05) is 0 Å². The zero-order valence-corrected chi connectivity index (χ0v) is 17.1. The number of carbonyl (C=O) groups is 1. The molecule has 0 radical (unpaired) electrons. The number of hydrogen-bond acceptors (Lipinski definition) is 7. The van der Waals surface area contributed by atoms with Crippen LogP contribution in [0, 0.1) is 0 Å². The lowest BCUT2D eigenvalue weighted by Crippen LogP contribution is -2.12. The zero-order chi connectivity index (χ0) is 21.7. The maximum atomic E-state index is 12.7. The number of para-hydroxylation sites is 1. The standard InChI is InChI=1S/C20H18F2N2O5S/c1-26-15-8-11(9-16(27-2)17(15)28-3)18(25)24-20-23-13(10-30-20)12-6-4-5-7-14(12)29-19(21)22/h4-10,19H,1-3H3,(H,23,24,25). The van der Waals surface area contributed by atoms with Crippen LogP contribution < -0.4 is 24.3 Å². The van der Waals surface area contributed by atoms with E-state index >= 15 is 0 Å². The van der Waals surface area contributed by atoms with E-state index in [2.05, 4.69) is 15.0 Å². The number of thiazole rings is 1. The summed E-state index contributed by atoms with van der Waals surface area (Å²) in [7, 11) is 4.36. The van der Waals surface area contributed by atoms with Gasteiger partial charge in [0.15, 0.2) is 16.6 Å². The van der Waals surface area contributed by atoms with Gasteiger partial charge in [-0.1, -0.05) is 12.1 Å². The molecule has 30 heavy (non-hydrogen) atoms. The molecule has 0 saturated heterocycles. The minimum Gasteiger partial charge on any atom is -0.493 e. The van der Waals surface area contributed by atoms with Gasteiger partial charge in [0.1, 0.15) is 5.75 Å². The summed E-state index contributed by atoms with van der Waals surface area (Å²) < 4.78 is 45.6. The fraction of sp³-hybridized carbons (Fsp3) is 0.200. The van der Waals surface area contributed by atoms with Gasteiger partial charge in [0.25, 0.3) is 5.91 Å². The van der Waals surface area contributed by atoms with Gasteiger partial charge in [-0.3, -0.25) is 10.1 Å². The van der Waals surface area contributed by atoms with Crippen molar-refractivity contribution in [1.29, 1.82) is 0 Å². The fourth-order valence-corrected chi connectivity index (χ4v) is 3.42. The van der Waals surface area contributed by atoms with Crippen molar-refractivity contribution in [2.24, 2.45) is 0 Å². The van der Waals surface area contributed by atoms with Gasteiger partial charge in [-0.05, 0) is 24.3 Å². The number of halogens is 2. The van der Waals surface area contributed by atoms with Crippen LogP contribution in [0.15, 0.2) is 41.8 Å². The Morgan fingerprint density at radius 2 is 1.70 bits per heavy atom. The Balaban J connectivity index is 1.84. The molecule has 0 fully saturated rings. The molecular formula is C20H18F2N2O5S. The molecule has 0 aliphatic carbocycles. The number of rotatable bonds is 8. The SMILES string of the molecule is COc1cc(C(=O)Nc2nc(-c3ccccc3OC(F)F)cs2)cc(OC)c1OC. The van der Waals surface area contributed by atoms with Crippen LogP contribution >= 0.6 is 11.3 Å². The van der Waals surface area contributed by atoms with Crippen LogP contribution in [0.3, 0.4) is 0 Å². The molecule has 0 spiro atoms. The zero-order valence-electron chi connectivity index (χ0n) is 16.3. The largest absolute Gasteiger partial charge is 0.493 e. The molecule has 7 nitrogen and oxygen atoms in total.